The molecule has 0 aliphatic rings. The van der Waals surface area contributed by atoms with E-state index in [0.717, 1.165) is 16.7 Å². The van der Waals surface area contributed by atoms with Crippen molar-refractivity contribution in [1.29, 1.82) is 0 Å². The molecule has 2 N–H and O–H groups in total. The summed E-state index contributed by atoms with van der Waals surface area (Å²) in [6.45, 7) is 4.30. The van der Waals surface area contributed by atoms with Crippen molar-refractivity contribution in [2.24, 2.45) is 5.92 Å². The van der Waals surface area contributed by atoms with Crippen LogP contribution in [-0.2, 0) is 9.59 Å². The minimum Gasteiger partial charge on any atom is -0.478 e. The summed E-state index contributed by atoms with van der Waals surface area (Å²) in [6.07, 6.45) is 6.63. The maximum atomic E-state index is 9.55. The Morgan fingerprint density at radius 3 is 2.41 bits per heavy atom. The number of imidazole rings is 1. The minimum absolute atomic E-state index is 0.0854. The van der Waals surface area contributed by atoms with E-state index in [1.54, 1.807) is 18.6 Å². The molecule has 0 saturated heterocycles. The number of carboxylic acid groups (broad SMARTS) is 2. The van der Waals surface area contributed by atoms with Gasteiger partial charge in [-0.1, -0.05) is 30.6 Å². The number of fused-ring (bicyclic) bond motifs is 1. The lowest BCUT2D eigenvalue weighted by Gasteiger charge is -2.20. The van der Waals surface area contributed by atoms with E-state index >= 15 is 0 Å². The zero-order valence-electron chi connectivity index (χ0n) is 14.6. The molecule has 1 aromatic carbocycles. The highest BCUT2D eigenvalue weighted by Gasteiger charge is 2.23. The number of hydrogen-bond acceptors (Lipinski definition) is 5. The molecule has 0 radical (unpaired) electrons. The summed E-state index contributed by atoms with van der Waals surface area (Å²) in [5, 5.41) is 21.5. The first-order chi connectivity index (χ1) is 12.8. The fourth-order valence-electron chi connectivity index (χ4n) is 2.52. The topological polar surface area (TPSA) is 118 Å². The molecule has 1 unspecified atom stereocenters. The van der Waals surface area contributed by atoms with Crippen molar-refractivity contribution >= 4 is 34.5 Å². The third-order valence-electron chi connectivity index (χ3n) is 3.59. The van der Waals surface area contributed by atoms with Gasteiger partial charge in [0.05, 0.1) is 12.4 Å². The fourth-order valence-corrected chi connectivity index (χ4v) is 2.69. The zero-order chi connectivity index (χ0) is 20.0. The predicted octanol–water partition coefficient (Wildman–Crippen LogP) is 3.63. The van der Waals surface area contributed by atoms with E-state index in [1.165, 1.54) is 0 Å². The summed E-state index contributed by atoms with van der Waals surface area (Å²) in [4.78, 5) is 23.2. The molecule has 0 aliphatic heterocycles. The average Bonchev–Trinajstić information content (AvgIpc) is 3.24. The first kappa shape index (κ1) is 20.2. The summed E-state index contributed by atoms with van der Waals surface area (Å²) in [6, 6.07) is 5.64. The molecule has 0 saturated carbocycles. The van der Waals surface area contributed by atoms with Crippen molar-refractivity contribution in [3.63, 3.8) is 0 Å². The Balaban J connectivity index is 0.000000279. The molecule has 0 spiro atoms. The van der Waals surface area contributed by atoms with Crippen LogP contribution in [0.1, 0.15) is 25.6 Å². The Labute approximate surface area is 159 Å². The van der Waals surface area contributed by atoms with Crippen molar-refractivity contribution < 1.29 is 24.3 Å². The monoisotopic (exact) mass is 391 g/mol. The van der Waals surface area contributed by atoms with Crippen LogP contribution in [0.4, 0.5) is 0 Å². The molecular formula is C18H18ClN3O5. The normalized spacial score (nSPS) is 12.1. The molecule has 9 heteroatoms. The van der Waals surface area contributed by atoms with E-state index in [9.17, 15) is 9.59 Å². The van der Waals surface area contributed by atoms with E-state index in [2.05, 4.69) is 24.0 Å². The first-order valence-electron chi connectivity index (χ1n) is 7.95. The second-order valence-corrected chi connectivity index (χ2v) is 6.35. The van der Waals surface area contributed by atoms with E-state index in [0.29, 0.717) is 23.1 Å². The predicted molar refractivity (Wildman–Crippen MR) is 98.6 cm³/mol. The third-order valence-corrected chi connectivity index (χ3v) is 3.82. The van der Waals surface area contributed by atoms with Gasteiger partial charge >= 0.3 is 11.9 Å². The van der Waals surface area contributed by atoms with Crippen LogP contribution in [0, 0.1) is 5.92 Å². The molecule has 3 rings (SSSR count). The fraction of sp³-hybridized carbons (Fsp3) is 0.222. The van der Waals surface area contributed by atoms with Gasteiger partial charge in [-0.3, -0.25) is 0 Å². The summed E-state index contributed by atoms with van der Waals surface area (Å²) >= 11 is 6.07. The van der Waals surface area contributed by atoms with Crippen LogP contribution in [0.15, 0.2) is 53.6 Å². The van der Waals surface area contributed by atoms with Crippen LogP contribution < -0.4 is 0 Å². The van der Waals surface area contributed by atoms with Crippen LogP contribution in [0.2, 0.25) is 5.02 Å². The largest absolute Gasteiger partial charge is 0.478 e. The lowest BCUT2D eigenvalue weighted by Crippen LogP contribution is -2.15. The van der Waals surface area contributed by atoms with Crippen LogP contribution in [-0.4, -0.2) is 36.9 Å². The Kier molecular flexibility index (Phi) is 6.73. The second kappa shape index (κ2) is 9.00. The minimum atomic E-state index is -1.26. The van der Waals surface area contributed by atoms with Crippen LogP contribution in [0.3, 0.4) is 0 Å². The molecular weight excluding hydrogens is 374 g/mol. The van der Waals surface area contributed by atoms with Crippen LogP contribution in [0.25, 0.3) is 11.0 Å². The maximum Gasteiger partial charge on any atom is 0.328 e. The van der Waals surface area contributed by atoms with Crippen molar-refractivity contribution in [3.8, 4) is 0 Å². The number of hydrogen-bond donors (Lipinski definition) is 2. The van der Waals surface area contributed by atoms with Crippen molar-refractivity contribution in [2.45, 2.75) is 19.9 Å². The van der Waals surface area contributed by atoms with Gasteiger partial charge in [0, 0.05) is 35.0 Å². The van der Waals surface area contributed by atoms with Gasteiger partial charge in [-0.05, 0) is 24.1 Å². The molecule has 8 nitrogen and oxygen atoms in total. The Hall–Kier alpha value is -3.13. The number of aromatic nitrogens is 3. The molecule has 0 fully saturated rings. The molecule has 3 aromatic rings. The highest BCUT2D eigenvalue weighted by Crippen LogP contribution is 2.32. The van der Waals surface area contributed by atoms with Crippen molar-refractivity contribution in [3.05, 3.63) is 59.8 Å². The molecule has 2 heterocycles. The van der Waals surface area contributed by atoms with Crippen molar-refractivity contribution in [1.82, 2.24) is 14.7 Å². The zero-order valence-corrected chi connectivity index (χ0v) is 15.4. The van der Waals surface area contributed by atoms with Gasteiger partial charge in [0.2, 0.25) is 0 Å². The number of benzene rings is 1. The maximum absolute atomic E-state index is 9.55. The molecule has 142 valence electrons. The molecule has 1 atom stereocenters. The summed E-state index contributed by atoms with van der Waals surface area (Å²) in [5.41, 5.74) is 1.65. The number of carboxylic acids is 2. The smallest absolute Gasteiger partial charge is 0.328 e. The average molecular weight is 392 g/mol. The van der Waals surface area contributed by atoms with Gasteiger partial charge in [-0.15, -0.1) is 0 Å². The Morgan fingerprint density at radius 1 is 1.22 bits per heavy atom. The van der Waals surface area contributed by atoms with Crippen LogP contribution >= 0.6 is 11.6 Å². The van der Waals surface area contributed by atoms with Gasteiger partial charge in [-0.25, -0.2) is 14.6 Å². The SMILES string of the molecule is CC(C)C(c1noc2ccc(Cl)cc12)n1ccnc1.O=C(O)/C=C\C(=O)O. The molecule has 0 aliphatic carbocycles. The van der Waals surface area contributed by atoms with Gasteiger partial charge in [0.1, 0.15) is 5.69 Å². The molecule has 0 amide bonds. The standard InChI is InChI=1S/C14H14ClN3O.C4H4O4/c1-9(2)14(18-6-5-16-8-18)13-11-7-10(15)3-4-12(11)19-17-13;5-3(6)1-2-4(7)8/h3-9,14H,1-2H3;1-2H,(H,5,6)(H,7,8)/b;2-1-. The first-order valence-corrected chi connectivity index (χ1v) is 8.33. The third kappa shape index (κ3) is 5.42. The van der Waals surface area contributed by atoms with Crippen molar-refractivity contribution in [2.75, 3.05) is 0 Å². The molecule has 27 heavy (non-hydrogen) atoms. The number of carbonyl (C=O) groups is 2. The number of nitrogens with zero attached hydrogens (tertiary/aromatic N) is 3. The molecule has 0 bridgehead atoms. The molecule has 2 aromatic heterocycles. The summed E-state index contributed by atoms with van der Waals surface area (Å²) in [7, 11) is 0. The van der Waals surface area contributed by atoms with E-state index in [-0.39, 0.29) is 6.04 Å². The van der Waals surface area contributed by atoms with Gasteiger partial charge in [0.15, 0.2) is 5.58 Å². The summed E-state index contributed by atoms with van der Waals surface area (Å²) < 4.78 is 7.44. The number of halogens is 1. The Morgan fingerprint density at radius 2 is 1.89 bits per heavy atom. The van der Waals surface area contributed by atoms with E-state index < -0.39 is 11.9 Å². The van der Waals surface area contributed by atoms with Gasteiger partial charge in [0.25, 0.3) is 0 Å². The van der Waals surface area contributed by atoms with Gasteiger partial charge < -0.3 is 19.3 Å². The van der Waals surface area contributed by atoms with E-state index in [4.69, 9.17) is 26.3 Å². The van der Waals surface area contributed by atoms with Crippen LogP contribution in [0.5, 0.6) is 0 Å². The number of rotatable bonds is 5. The Bertz CT molecular complexity index is 931. The second-order valence-electron chi connectivity index (χ2n) is 5.92. The number of aliphatic carboxylic acids is 2. The van der Waals surface area contributed by atoms with E-state index in [1.807, 2.05) is 22.9 Å². The lowest BCUT2D eigenvalue weighted by atomic mass is 9.98. The lowest BCUT2D eigenvalue weighted by molar-refractivity contribution is -0.134. The van der Waals surface area contributed by atoms with Gasteiger partial charge in [-0.2, -0.15) is 0 Å². The highest BCUT2D eigenvalue weighted by atomic mass is 35.5. The quantitative estimate of drug-likeness (QED) is 0.637. The summed E-state index contributed by atoms with van der Waals surface area (Å²) in [5.74, 6) is -2.15. The highest BCUT2D eigenvalue weighted by molar-refractivity contribution is 6.31.